The molecular weight excluding hydrogens is 150 g/mol. The average molecular weight is 171 g/mol. The molecule has 72 valence electrons. The Morgan fingerprint density at radius 2 is 1.92 bits per heavy atom. The summed E-state index contributed by atoms with van der Waals surface area (Å²) in [4.78, 5) is 11.0. The SMILES string of the molecule is CCC(=O)NCC(C)(C)C(C)C. The third-order valence-corrected chi connectivity index (χ3v) is 2.63. The lowest BCUT2D eigenvalue weighted by Crippen LogP contribution is -2.36. The van der Waals surface area contributed by atoms with Gasteiger partial charge in [-0.25, -0.2) is 0 Å². The zero-order valence-corrected chi connectivity index (χ0v) is 8.90. The standard InChI is InChI=1S/C10H21NO/c1-6-9(12)11-7-10(4,5)8(2)3/h8H,6-7H2,1-5H3,(H,11,12). The van der Waals surface area contributed by atoms with Crippen LogP contribution in [0.3, 0.4) is 0 Å². The summed E-state index contributed by atoms with van der Waals surface area (Å²) in [7, 11) is 0. The van der Waals surface area contributed by atoms with Gasteiger partial charge in [-0.05, 0) is 11.3 Å². The van der Waals surface area contributed by atoms with Gasteiger partial charge >= 0.3 is 0 Å². The number of carbonyl (C=O) groups is 1. The van der Waals surface area contributed by atoms with Crippen LogP contribution >= 0.6 is 0 Å². The van der Waals surface area contributed by atoms with E-state index in [4.69, 9.17) is 0 Å². The Bertz CT molecular complexity index is 150. The molecule has 0 aromatic heterocycles. The van der Waals surface area contributed by atoms with Crippen molar-refractivity contribution in [3.8, 4) is 0 Å². The van der Waals surface area contributed by atoms with E-state index in [0.29, 0.717) is 12.3 Å². The highest BCUT2D eigenvalue weighted by molar-refractivity contribution is 5.75. The molecule has 0 radical (unpaired) electrons. The molecule has 2 heteroatoms. The average Bonchev–Trinajstić information content (AvgIpc) is 2.00. The van der Waals surface area contributed by atoms with E-state index >= 15 is 0 Å². The number of hydrogen-bond acceptors (Lipinski definition) is 1. The predicted octanol–water partition coefficient (Wildman–Crippen LogP) is 2.19. The molecule has 0 aromatic carbocycles. The van der Waals surface area contributed by atoms with Crippen molar-refractivity contribution in [2.75, 3.05) is 6.54 Å². The fraction of sp³-hybridized carbons (Fsp3) is 0.900. The van der Waals surface area contributed by atoms with Crippen LogP contribution in [-0.2, 0) is 4.79 Å². The van der Waals surface area contributed by atoms with Crippen LogP contribution in [0.25, 0.3) is 0 Å². The van der Waals surface area contributed by atoms with E-state index in [1.165, 1.54) is 0 Å². The maximum absolute atomic E-state index is 11.0. The van der Waals surface area contributed by atoms with E-state index in [1.54, 1.807) is 0 Å². The fourth-order valence-corrected chi connectivity index (χ4v) is 0.656. The van der Waals surface area contributed by atoms with Crippen molar-refractivity contribution >= 4 is 5.91 Å². The Labute approximate surface area is 75.7 Å². The lowest BCUT2D eigenvalue weighted by atomic mass is 9.81. The molecular formula is C10H21NO. The molecule has 0 spiro atoms. The second-order valence-electron chi connectivity index (χ2n) is 4.27. The van der Waals surface area contributed by atoms with E-state index in [2.05, 4.69) is 33.0 Å². The first-order valence-electron chi connectivity index (χ1n) is 4.67. The van der Waals surface area contributed by atoms with Gasteiger partial charge in [-0.3, -0.25) is 4.79 Å². The molecule has 1 N–H and O–H groups in total. The van der Waals surface area contributed by atoms with Crippen molar-refractivity contribution in [1.29, 1.82) is 0 Å². The molecule has 0 aromatic rings. The van der Waals surface area contributed by atoms with Crippen molar-refractivity contribution in [2.45, 2.75) is 41.0 Å². The number of amides is 1. The molecule has 0 saturated carbocycles. The largest absolute Gasteiger partial charge is 0.356 e. The minimum Gasteiger partial charge on any atom is -0.356 e. The summed E-state index contributed by atoms with van der Waals surface area (Å²) < 4.78 is 0. The minimum absolute atomic E-state index is 0.142. The molecule has 0 atom stereocenters. The molecule has 0 aliphatic rings. The molecule has 0 bridgehead atoms. The van der Waals surface area contributed by atoms with Gasteiger partial charge in [0.1, 0.15) is 0 Å². The van der Waals surface area contributed by atoms with Crippen LogP contribution in [-0.4, -0.2) is 12.5 Å². The van der Waals surface area contributed by atoms with Crippen molar-refractivity contribution in [2.24, 2.45) is 11.3 Å². The van der Waals surface area contributed by atoms with Crippen LogP contribution in [0.2, 0.25) is 0 Å². The summed E-state index contributed by atoms with van der Waals surface area (Å²) >= 11 is 0. The highest BCUT2D eigenvalue weighted by Gasteiger charge is 2.22. The molecule has 0 fully saturated rings. The van der Waals surface area contributed by atoms with E-state index in [1.807, 2.05) is 6.92 Å². The highest BCUT2D eigenvalue weighted by atomic mass is 16.1. The first kappa shape index (κ1) is 11.5. The number of hydrogen-bond donors (Lipinski definition) is 1. The summed E-state index contributed by atoms with van der Waals surface area (Å²) in [5, 5.41) is 2.92. The van der Waals surface area contributed by atoms with E-state index in [0.717, 1.165) is 6.54 Å². The fourth-order valence-electron chi connectivity index (χ4n) is 0.656. The van der Waals surface area contributed by atoms with Gasteiger partial charge in [0.15, 0.2) is 0 Å². The zero-order valence-electron chi connectivity index (χ0n) is 8.90. The van der Waals surface area contributed by atoms with Gasteiger partial charge in [-0.1, -0.05) is 34.6 Å². The number of carbonyl (C=O) groups excluding carboxylic acids is 1. The number of nitrogens with one attached hydrogen (secondary N) is 1. The Balaban J connectivity index is 3.83. The van der Waals surface area contributed by atoms with Crippen molar-refractivity contribution < 1.29 is 4.79 Å². The lowest BCUT2D eigenvalue weighted by molar-refractivity contribution is -0.121. The second kappa shape index (κ2) is 4.48. The Morgan fingerprint density at radius 3 is 2.25 bits per heavy atom. The third-order valence-electron chi connectivity index (χ3n) is 2.63. The van der Waals surface area contributed by atoms with Crippen LogP contribution in [0.5, 0.6) is 0 Å². The van der Waals surface area contributed by atoms with Crippen LogP contribution in [0.15, 0.2) is 0 Å². The summed E-state index contributed by atoms with van der Waals surface area (Å²) in [5.74, 6) is 0.735. The van der Waals surface area contributed by atoms with Crippen LogP contribution < -0.4 is 5.32 Å². The molecule has 0 aliphatic carbocycles. The molecule has 0 heterocycles. The smallest absolute Gasteiger partial charge is 0.219 e. The summed E-state index contributed by atoms with van der Waals surface area (Å²) in [6.07, 6.45) is 0.578. The maximum Gasteiger partial charge on any atom is 0.219 e. The predicted molar refractivity (Wildman–Crippen MR) is 51.9 cm³/mol. The normalized spacial score (nSPS) is 11.8. The van der Waals surface area contributed by atoms with Crippen molar-refractivity contribution in [3.63, 3.8) is 0 Å². The van der Waals surface area contributed by atoms with Gasteiger partial charge in [-0.2, -0.15) is 0 Å². The quantitative estimate of drug-likeness (QED) is 0.690. The van der Waals surface area contributed by atoms with Crippen LogP contribution in [0.1, 0.15) is 41.0 Å². The van der Waals surface area contributed by atoms with E-state index < -0.39 is 0 Å². The molecule has 1 amide bonds. The maximum atomic E-state index is 11.0. The Kier molecular flexibility index (Phi) is 4.29. The zero-order chi connectivity index (χ0) is 9.78. The van der Waals surface area contributed by atoms with Crippen molar-refractivity contribution in [3.05, 3.63) is 0 Å². The van der Waals surface area contributed by atoms with E-state index in [9.17, 15) is 4.79 Å². The Hall–Kier alpha value is -0.530. The summed E-state index contributed by atoms with van der Waals surface area (Å²) in [5.41, 5.74) is 0.199. The van der Waals surface area contributed by atoms with Crippen LogP contribution in [0, 0.1) is 11.3 Å². The minimum atomic E-state index is 0.142. The lowest BCUT2D eigenvalue weighted by Gasteiger charge is -2.29. The van der Waals surface area contributed by atoms with Gasteiger partial charge in [0.2, 0.25) is 5.91 Å². The molecule has 2 nitrogen and oxygen atoms in total. The first-order chi connectivity index (χ1) is 5.40. The Morgan fingerprint density at radius 1 is 1.42 bits per heavy atom. The first-order valence-corrected chi connectivity index (χ1v) is 4.67. The second-order valence-corrected chi connectivity index (χ2v) is 4.27. The molecule has 12 heavy (non-hydrogen) atoms. The number of rotatable bonds is 4. The molecule has 0 rings (SSSR count). The van der Waals surface area contributed by atoms with Gasteiger partial charge < -0.3 is 5.32 Å². The third kappa shape index (κ3) is 3.74. The summed E-state index contributed by atoms with van der Waals surface area (Å²) in [6.45, 7) is 11.4. The summed E-state index contributed by atoms with van der Waals surface area (Å²) in [6, 6.07) is 0. The molecule has 0 unspecified atom stereocenters. The topological polar surface area (TPSA) is 29.1 Å². The monoisotopic (exact) mass is 171 g/mol. The molecule has 0 saturated heterocycles. The van der Waals surface area contributed by atoms with Crippen molar-refractivity contribution in [1.82, 2.24) is 5.32 Å². The van der Waals surface area contributed by atoms with Gasteiger partial charge in [0.25, 0.3) is 0 Å². The highest BCUT2D eigenvalue weighted by Crippen LogP contribution is 2.24. The van der Waals surface area contributed by atoms with Gasteiger partial charge in [-0.15, -0.1) is 0 Å². The van der Waals surface area contributed by atoms with E-state index in [-0.39, 0.29) is 11.3 Å². The van der Waals surface area contributed by atoms with Gasteiger partial charge in [0, 0.05) is 13.0 Å². The van der Waals surface area contributed by atoms with Gasteiger partial charge in [0.05, 0.1) is 0 Å². The van der Waals surface area contributed by atoms with Crippen LogP contribution in [0.4, 0.5) is 0 Å². The molecule has 0 aliphatic heterocycles.